The second-order valence-electron chi connectivity index (χ2n) is 25.3. The van der Waals surface area contributed by atoms with E-state index in [0.29, 0.717) is 12.8 Å². The van der Waals surface area contributed by atoms with E-state index in [-0.39, 0.29) is 12.5 Å². The molecule has 14 heteroatoms. The van der Waals surface area contributed by atoms with Crippen LogP contribution in [0.4, 0.5) is 0 Å². The summed E-state index contributed by atoms with van der Waals surface area (Å²) in [7, 11) is 0. The topological polar surface area (TPSA) is 228 Å². The van der Waals surface area contributed by atoms with Crippen molar-refractivity contribution < 1.29 is 64.6 Å². The number of aliphatic hydroxyl groups excluding tert-OH is 8. The monoisotopic (exact) mass is 1220 g/mol. The lowest BCUT2D eigenvalue weighted by Crippen LogP contribution is -2.65. The fourth-order valence-corrected chi connectivity index (χ4v) is 11.9. The Labute approximate surface area is 524 Å². The number of allylic oxidation sites excluding steroid dienone is 8. The second-order valence-corrected chi connectivity index (χ2v) is 25.3. The lowest BCUT2D eigenvalue weighted by molar-refractivity contribution is -0.359. The minimum absolute atomic E-state index is 0.204. The average Bonchev–Trinajstić information content (AvgIpc) is 2.53. The van der Waals surface area contributed by atoms with Gasteiger partial charge in [-0.15, -0.1) is 0 Å². The first-order valence-corrected chi connectivity index (χ1v) is 35.9. The summed E-state index contributed by atoms with van der Waals surface area (Å²) >= 11 is 0. The molecule has 2 saturated heterocycles. The van der Waals surface area contributed by atoms with Crippen molar-refractivity contribution >= 4 is 5.91 Å². The highest BCUT2D eigenvalue weighted by Crippen LogP contribution is 2.30. The summed E-state index contributed by atoms with van der Waals surface area (Å²) in [5, 5.41) is 87.7. The highest BCUT2D eigenvalue weighted by Gasteiger charge is 2.51. The van der Waals surface area contributed by atoms with Gasteiger partial charge in [0.05, 0.1) is 32.0 Å². The predicted octanol–water partition coefficient (Wildman–Crippen LogP) is 14.7. The fraction of sp³-hybridized carbons (Fsp3) is 0.875. The predicted molar refractivity (Wildman–Crippen MR) is 351 cm³/mol. The summed E-state index contributed by atoms with van der Waals surface area (Å²) in [6, 6.07) is -0.831. The van der Waals surface area contributed by atoms with Crippen molar-refractivity contribution in [1.29, 1.82) is 0 Å². The molecule has 0 bridgehead atoms. The molecule has 2 aliphatic heterocycles. The molecule has 9 N–H and O–H groups in total. The standard InChI is InChI=1S/C72H133NO13/c1-3-5-7-9-11-13-15-17-19-21-23-25-27-29-30-32-34-36-38-40-42-44-46-48-50-52-54-56-64(77)73-60(59-83-71-69(82)67(80)70(63(58-75)85-71)86-72-68(81)66(79)65(78)62(57-74)84-72)61(76)55-53-51-49-47-45-43-41-39-37-35-33-31-28-26-24-22-20-18-16-14-12-10-8-6-4-2/h5,7,11,13,17,19,23,25,60-63,65-72,74-76,78-82H,3-4,6,8-10,12,14-16,18,20-22,24,26-59H2,1-2H3,(H,73,77)/b7-5-,13-11-,19-17-,25-23-. The van der Waals surface area contributed by atoms with E-state index in [4.69, 9.17) is 18.9 Å². The Morgan fingerprint density at radius 3 is 1.23 bits per heavy atom. The van der Waals surface area contributed by atoms with E-state index in [1.165, 1.54) is 205 Å². The normalized spacial score (nSPS) is 23.7. The maximum Gasteiger partial charge on any atom is 0.220 e. The van der Waals surface area contributed by atoms with Crippen LogP contribution in [-0.4, -0.2) is 140 Å². The summed E-state index contributed by atoms with van der Waals surface area (Å²) in [5.74, 6) is -0.204. The van der Waals surface area contributed by atoms with Crippen LogP contribution in [0.2, 0.25) is 0 Å². The van der Waals surface area contributed by atoms with Crippen molar-refractivity contribution in [3.63, 3.8) is 0 Å². The minimum Gasteiger partial charge on any atom is -0.394 e. The summed E-state index contributed by atoms with van der Waals surface area (Å²) in [5.41, 5.74) is 0. The molecular weight excluding hydrogens is 1090 g/mol. The van der Waals surface area contributed by atoms with Crippen molar-refractivity contribution in [2.45, 2.75) is 383 Å². The summed E-state index contributed by atoms with van der Waals surface area (Å²) in [4.78, 5) is 13.4. The fourth-order valence-electron chi connectivity index (χ4n) is 11.9. The molecule has 12 atom stereocenters. The highest BCUT2D eigenvalue weighted by molar-refractivity contribution is 5.76. The molecule has 86 heavy (non-hydrogen) atoms. The second kappa shape index (κ2) is 56.9. The first kappa shape index (κ1) is 80.0. The first-order chi connectivity index (χ1) is 42.1. The average molecular weight is 1220 g/mol. The van der Waals surface area contributed by atoms with Gasteiger partial charge in [-0.25, -0.2) is 0 Å². The molecule has 0 aliphatic carbocycles. The molecule has 0 radical (unpaired) electrons. The van der Waals surface area contributed by atoms with Gasteiger partial charge in [0.25, 0.3) is 0 Å². The number of carbonyl (C=O) groups excluding carboxylic acids is 1. The zero-order valence-electron chi connectivity index (χ0n) is 54.8. The van der Waals surface area contributed by atoms with Gasteiger partial charge in [0, 0.05) is 6.42 Å². The molecular formula is C72H133NO13. The Morgan fingerprint density at radius 1 is 0.430 bits per heavy atom. The van der Waals surface area contributed by atoms with Crippen molar-refractivity contribution in [3.05, 3.63) is 48.6 Å². The van der Waals surface area contributed by atoms with Gasteiger partial charge < -0.3 is 65.1 Å². The van der Waals surface area contributed by atoms with Crippen LogP contribution in [0, 0.1) is 0 Å². The molecule has 2 fully saturated rings. The van der Waals surface area contributed by atoms with Crippen LogP contribution in [0.1, 0.15) is 309 Å². The van der Waals surface area contributed by atoms with E-state index in [2.05, 4.69) is 67.8 Å². The zero-order chi connectivity index (χ0) is 62.3. The summed E-state index contributed by atoms with van der Waals surface area (Å²) < 4.78 is 22.9. The van der Waals surface area contributed by atoms with E-state index in [9.17, 15) is 45.6 Å². The number of hydrogen-bond donors (Lipinski definition) is 9. The number of carbonyl (C=O) groups is 1. The summed E-state index contributed by atoms with van der Waals surface area (Å²) in [6.45, 7) is 2.80. The number of rotatable bonds is 59. The van der Waals surface area contributed by atoms with Crippen molar-refractivity contribution in [1.82, 2.24) is 5.32 Å². The molecule has 0 spiro atoms. The van der Waals surface area contributed by atoms with Crippen LogP contribution < -0.4 is 5.32 Å². The number of ether oxygens (including phenoxy) is 4. The van der Waals surface area contributed by atoms with Crippen LogP contribution in [0.5, 0.6) is 0 Å². The van der Waals surface area contributed by atoms with Gasteiger partial charge in [-0.05, 0) is 51.4 Å². The van der Waals surface area contributed by atoms with E-state index >= 15 is 0 Å². The Bertz CT molecular complexity index is 1630. The van der Waals surface area contributed by atoms with Crippen molar-refractivity contribution in [2.75, 3.05) is 19.8 Å². The Balaban J connectivity index is 1.66. The maximum absolute atomic E-state index is 13.4. The first-order valence-electron chi connectivity index (χ1n) is 35.9. The smallest absolute Gasteiger partial charge is 0.220 e. The van der Waals surface area contributed by atoms with Gasteiger partial charge in [-0.2, -0.15) is 0 Å². The van der Waals surface area contributed by atoms with Crippen molar-refractivity contribution in [3.8, 4) is 0 Å². The van der Waals surface area contributed by atoms with Crippen LogP contribution >= 0.6 is 0 Å². The van der Waals surface area contributed by atoms with Gasteiger partial charge >= 0.3 is 0 Å². The zero-order valence-corrected chi connectivity index (χ0v) is 54.8. The van der Waals surface area contributed by atoms with Crippen molar-refractivity contribution in [2.24, 2.45) is 0 Å². The number of amides is 1. The molecule has 14 nitrogen and oxygen atoms in total. The van der Waals surface area contributed by atoms with Gasteiger partial charge in [0.1, 0.15) is 48.8 Å². The molecule has 504 valence electrons. The lowest BCUT2D eigenvalue weighted by atomic mass is 9.97. The SMILES string of the molecule is CC/C=C\C/C=C\C/C=C\C/C=C\CCCCCCCCCCCCCCCCC(=O)NC(COC1OC(CO)C(OC2OC(CO)C(O)C(O)C2O)C(O)C1O)C(O)CCCCCCCCCCCCCCCCCCCCCCCCCCC. The van der Waals surface area contributed by atoms with E-state index < -0.39 is 86.8 Å². The largest absolute Gasteiger partial charge is 0.394 e. The Morgan fingerprint density at radius 2 is 0.802 bits per heavy atom. The number of unbranched alkanes of at least 4 members (excludes halogenated alkanes) is 38. The molecule has 2 aliphatic rings. The van der Waals surface area contributed by atoms with E-state index in [1.54, 1.807) is 0 Å². The van der Waals surface area contributed by atoms with E-state index in [0.717, 1.165) is 77.0 Å². The number of nitrogens with one attached hydrogen (secondary N) is 1. The molecule has 0 aromatic heterocycles. The van der Waals surface area contributed by atoms with E-state index in [1.807, 2.05) is 0 Å². The molecule has 2 heterocycles. The molecule has 0 aromatic carbocycles. The lowest BCUT2D eigenvalue weighted by Gasteiger charge is -2.46. The van der Waals surface area contributed by atoms with Crippen LogP contribution in [0.25, 0.3) is 0 Å². The number of aliphatic hydroxyl groups is 8. The van der Waals surface area contributed by atoms with Crippen LogP contribution in [0.15, 0.2) is 48.6 Å². The molecule has 0 aromatic rings. The Hall–Kier alpha value is -2.05. The quantitative estimate of drug-likeness (QED) is 0.0204. The highest BCUT2D eigenvalue weighted by atomic mass is 16.7. The molecule has 2 rings (SSSR count). The van der Waals surface area contributed by atoms with Crippen LogP contribution in [-0.2, 0) is 23.7 Å². The van der Waals surface area contributed by atoms with Crippen LogP contribution in [0.3, 0.4) is 0 Å². The molecule has 12 unspecified atom stereocenters. The minimum atomic E-state index is -1.78. The third kappa shape index (κ3) is 40.6. The third-order valence-electron chi connectivity index (χ3n) is 17.6. The maximum atomic E-state index is 13.4. The Kier molecular flexibility index (Phi) is 53.0. The van der Waals surface area contributed by atoms with Gasteiger partial charge in [-0.3, -0.25) is 4.79 Å². The van der Waals surface area contributed by atoms with Gasteiger partial charge in [0.2, 0.25) is 5.91 Å². The number of hydrogen-bond acceptors (Lipinski definition) is 13. The summed E-state index contributed by atoms with van der Waals surface area (Å²) in [6.07, 6.45) is 56.9. The van der Waals surface area contributed by atoms with Gasteiger partial charge in [0.15, 0.2) is 12.6 Å². The van der Waals surface area contributed by atoms with Gasteiger partial charge in [-0.1, -0.05) is 300 Å². The molecule has 0 saturated carbocycles. The molecule has 1 amide bonds. The third-order valence-corrected chi connectivity index (χ3v) is 17.6.